The molecule has 0 radical (unpaired) electrons. The van der Waals surface area contributed by atoms with Gasteiger partial charge in [0.05, 0.1) is 0 Å². The molecule has 3 heteroatoms. The standard InChI is InChI=1S/C13H13ClN2/c1-10-5-6-11(13(14)16-10)7-8-12-4-2-3-9-15-12/h2-6,9H,7-8H2,1H3. The first kappa shape index (κ1) is 11.1. The Labute approximate surface area is 100 Å². The van der Waals surface area contributed by atoms with Gasteiger partial charge in [-0.2, -0.15) is 0 Å². The van der Waals surface area contributed by atoms with Crippen LogP contribution in [0.5, 0.6) is 0 Å². The van der Waals surface area contributed by atoms with E-state index >= 15 is 0 Å². The predicted octanol–water partition coefficient (Wildman–Crippen LogP) is 3.22. The van der Waals surface area contributed by atoms with Crippen LogP contribution in [0.4, 0.5) is 0 Å². The van der Waals surface area contributed by atoms with Crippen molar-refractivity contribution in [3.63, 3.8) is 0 Å². The number of rotatable bonds is 3. The van der Waals surface area contributed by atoms with Gasteiger partial charge >= 0.3 is 0 Å². The minimum Gasteiger partial charge on any atom is -0.261 e. The molecule has 2 heterocycles. The minimum atomic E-state index is 0.607. The summed E-state index contributed by atoms with van der Waals surface area (Å²) in [5, 5.41) is 0.607. The van der Waals surface area contributed by atoms with Crippen LogP contribution >= 0.6 is 11.6 Å². The highest BCUT2D eigenvalue weighted by atomic mass is 35.5. The van der Waals surface area contributed by atoms with Crippen LogP contribution in [0.1, 0.15) is 17.0 Å². The van der Waals surface area contributed by atoms with Crippen molar-refractivity contribution in [1.82, 2.24) is 9.97 Å². The maximum Gasteiger partial charge on any atom is 0.132 e. The van der Waals surface area contributed by atoms with Crippen molar-refractivity contribution in [3.05, 3.63) is 58.6 Å². The van der Waals surface area contributed by atoms with Gasteiger partial charge in [0.15, 0.2) is 0 Å². The highest BCUT2D eigenvalue weighted by molar-refractivity contribution is 6.30. The van der Waals surface area contributed by atoms with E-state index in [0.29, 0.717) is 5.15 Å². The maximum atomic E-state index is 6.06. The van der Waals surface area contributed by atoms with E-state index in [1.54, 1.807) is 0 Å². The van der Waals surface area contributed by atoms with Gasteiger partial charge in [-0.25, -0.2) is 4.98 Å². The van der Waals surface area contributed by atoms with E-state index in [2.05, 4.69) is 9.97 Å². The lowest BCUT2D eigenvalue weighted by Gasteiger charge is -2.04. The van der Waals surface area contributed by atoms with Gasteiger partial charge in [0.2, 0.25) is 0 Å². The number of halogens is 1. The summed E-state index contributed by atoms with van der Waals surface area (Å²) < 4.78 is 0. The van der Waals surface area contributed by atoms with Crippen LogP contribution in [0, 0.1) is 6.92 Å². The summed E-state index contributed by atoms with van der Waals surface area (Å²) in [6.07, 6.45) is 3.58. The van der Waals surface area contributed by atoms with Gasteiger partial charge in [0.25, 0.3) is 0 Å². The van der Waals surface area contributed by atoms with Gasteiger partial charge in [-0.1, -0.05) is 23.7 Å². The number of aromatic nitrogens is 2. The fourth-order valence-electron chi connectivity index (χ4n) is 1.55. The average Bonchev–Trinajstić information content (AvgIpc) is 2.29. The van der Waals surface area contributed by atoms with Crippen molar-refractivity contribution in [1.29, 1.82) is 0 Å². The number of hydrogen-bond donors (Lipinski definition) is 0. The van der Waals surface area contributed by atoms with Crippen LogP contribution in [0.3, 0.4) is 0 Å². The molecule has 2 nitrogen and oxygen atoms in total. The molecule has 0 saturated heterocycles. The van der Waals surface area contributed by atoms with E-state index < -0.39 is 0 Å². The molecule has 0 saturated carbocycles. The van der Waals surface area contributed by atoms with Gasteiger partial charge in [-0.15, -0.1) is 0 Å². The molecule has 0 amide bonds. The molecular formula is C13H13ClN2. The van der Waals surface area contributed by atoms with Gasteiger partial charge in [-0.3, -0.25) is 4.98 Å². The topological polar surface area (TPSA) is 25.8 Å². The zero-order chi connectivity index (χ0) is 11.4. The van der Waals surface area contributed by atoms with Crippen molar-refractivity contribution in [2.75, 3.05) is 0 Å². The SMILES string of the molecule is Cc1ccc(CCc2ccccn2)c(Cl)n1. The lowest BCUT2D eigenvalue weighted by atomic mass is 10.1. The van der Waals surface area contributed by atoms with Crippen molar-refractivity contribution >= 4 is 11.6 Å². The molecule has 0 bridgehead atoms. The van der Waals surface area contributed by atoms with Gasteiger partial charge in [0, 0.05) is 17.6 Å². The average molecular weight is 233 g/mol. The summed E-state index contributed by atoms with van der Waals surface area (Å²) in [5.74, 6) is 0. The second-order valence-corrected chi connectivity index (χ2v) is 4.08. The Balaban J connectivity index is 2.05. The molecule has 0 aliphatic carbocycles. The zero-order valence-corrected chi connectivity index (χ0v) is 9.91. The summed E-state index contributed by atoms with van der Waals surface area (Å²) in [6.45, 7) is 1.94. The zero-order valence-electron chi connectivity index (χ0n) is 9.15. The van der Waals surface area contributed by atoms with Crippen LogP contribution in [0.15, 0.2) is 36.5 Å². The summed E-state index contributed by atoms with van der Waals surface area (Å²) in [4.78, 5) is 8.51. The largest absolute Gasteiger partial charge is 0.261 e. The van der Waals surface area contributed by atoms with Crippen LogP contribution in [0.25, 0.3) is 0 Å². The monoisotopic (exact) mass is 232 g/mol. The first-order valence-electron chi connectivity index (χ1n) is 5.27. The normalized spacial score (nSPS) is 10.4. The molecule has 0 aliphatic heterocycles. The Kier molecular flexibility index (Phi) is 3.52. The molecule has 0 unspecified atom stereocenters. The van der Waals surface area contributed by atoms with Gasteiger partial charge in [-0.05, 0) is 43.5 Å². The summed E-state index contributed by atoms with van der Waals surface area (Å²) >= 11 is 6.06. The number of aryl methyl sites for hydroxylation is 3. The Morgan fingerprint density at radius 1 is 1.12 bits per heavy atom. The molecule has 0 N–H and O–H groups in total. The summed E-state index contributed by atoms with van der Waals surface area (Å²) in [5.41, 5.74) is 3.11. The molecular weight excluding hydrogens is 220 g/mol. The molecule has 0 atom stereocenters. The van der Waals surface area contributed by atoms with Crippen molar-refractivity contribution in [2.45, 2.75) is 19.8 Å². The van der Waals surface area contributed by atoms with E-state index in [9.17, 15) is 0 Å². The fourth-order valence-corrected chi connectivity index (χ4v) is 1.84. The highest BCUT2D eigenvalue weighted by Gasteiger charge is 2.02. The number of hydrogen-bond acceptors (Lipinski definition) is 2. The number of pyridine rings is 2. The molecule has 0 fully saturated rings. The Hall–Kier alpha value is -1.41. The lowest BCUT2D eigenvalue weighted by Crippen LogP contribution is -1.96. The third kappa shape index (κ3) is 2.80. The van der Waals surface area contributed by atoms with Crippen molar-refractivity contribution in [2.24, 2.45) is 0 Å². The quantitative estimate of drug-likeness (QED) is 0.760. The van der Waals surface area contributed by atoms with Crippen molar-refractivity contribution in [3.8, 4) is 0 Å². The summed E-state index contributed by atoms with van der Waals surface area (Å²) in [6, 6.07) is 9.96. The second-order valence-electron chi connectivity index (χ2n) is 3.72. The Morgan fingerprint density at radius 2 is 2.00 bits per heavy atom. The molecule has 2 aromatic heterocycles. The highest BCUT2D eigenvalue weighted by Crippen LogP contribution is 2.15. The van der Waals surface area contributed by atoms with Crippen LogP contribution in [-0.2, 0) is 12.8 Å². The van der Waals surface area contributed by atoms with Crippen LogP contribution in [0.2, 0.25) is 5.15 Å². The molecule has 16 heavy (non-hydrogen) atoms. The fraction of sp³-hybridized carbons (Fsp3) is 0.231. The van der Waals surface area contributed by atoms with E-state index in [4.69, 9.17) is 11.6 Å². The van der Waals surface area contributed by atoms with Crippen LogP contribution < -0.4 is 0 Å². The van der Waals surface area contributed by atoms with E-state index in [0.717, 1.165) is 29.8 Å². The molecule has 0 aromatic carbocycles. The van der Waals surface area contributed by atoms with Gasteiger partial charge in [0.1, 0.15) is 5.15 Å². The second kappa shape index (κ2) is 5.08. The molecule has 0 spiro atoms. The Morgan fingerprint density at radius 3 is 2.69 bits per heavy atom. The molecule has 0 aliphatic rings. The molecule has 2 rings (SSSR count). The third-order valence-corrected chi connectivity index (χ3v) is 2.77. The molecule has 82 valence electrons. The first-order valence-corrected chi connectivity index (χ1v) is 5.65. The minimum absolute atomic E-state index is 0.607. The van der Waals surface area contributed by atoms with E-state index in [1.807, 2.05) is 43.5 Å². The third-order valence-electron chi connectivity index (χ3n) is 2.44. The smallest absolute Gasteiger partial charge is 0.132 e. The Bertz CT molecular complexity index is 469. The van der Waals surface area contributed by atoms with Crippen molar-refractivity contribution < 1.29 is 0 Å². The summed E-state index contributed by atoms with van der Waals surface area (Å²) in [7, 11) is 0. The maximum absolute atomic E-state index is 6.06. The predicted molar refractivity (Wildman–Crippen MR) is 65.6 cm³/mol. The van der Waals surface area contributed by atoms with Gasteiger partial charge < -0.3 is 0 Å². The number of nitrogens with zero attached hydrogens (tertiary/aromatic N) is 2. The molecule has 2 aromatic rings. The van der Waals surface area contributed by atoms with Crippen LogP contribution in [-0.4, -0.2) is 9.97 Å². The first-order chi connectivity index (χ1) is 7.75. The van der Waals surface area contributed by atoms with E-state index in [-0.39, 0.29) is 0 Å². The lowest BCUT2D eigenvalue weighted by molar-refractivity contribution is 0.905. The van der Waals surface area contributed by atoms with E-state index in [1.165, 1.54) is 0 Å².